The molecular weight excluding hydrogens is 248 g/mol. The third-order valence-electron chi connectivity index (χ3n) is 1.64. The minimum atomic E-state index is -0.272. The Labute approximate surface area is 90.5 Å². The smallest absolute Gasteiger partial charge is 0.255 e. The molecule has 1 aromatic rings. The Balaban J connectivity index is 2.56. The van der Waals surface area contributed by atoms with Crippen LogP contribution in [0.2, 0.25) is 0 Å². The van der Waals surface area contributed by atoms with Gasteiger partial charge in [0.1, 0.15) is 5.75 Å². The normalized spacial score (nSPS) is 9.79. The predicted octanol–water partition coefficient (Wildman–Crippen LogP) is 1.30. The Morgan fingerprint density at radius 2 is 2.43 bits per heavy atom. The first kappa shape index (κ1) is 11.0. The number of amides is 1. The molecule has 0 radical (unpaired) electrons. The molecule has 0 aliphatic carbocycles. The molecule has 4 nitrogen and oxygen atoms in total. The average molecular weight is 259 g/mol. The highest BCUT2D eigenvalue weighted by Crippen LogP contribution is 2.12. The molecule has 1 amide bonds. The fourth-order valence-corrected chi connectivity index (χ4v) is 1.22. The number of carbonyl (C=O) groups is 1. The summed E-state index contributed by atoms with van der Waals surface area (Å²) in [7, 11) is 0. The highest BCUT2D eigenvalue weighted by atomic mass is 79.9. The molecule has 0 fully saturated rings. The van der Waals surface area contributed by atoms with Gasteiger partial charge in [-0.3, -0.25) is 9.78 Å². The number of nitrogens with zero attached hydrogens (tertiary/aromatic N) is 1. The van der Waals surface area contributed by atoms with E-state index >= 15 is 0 Å². The number of aromatic nitrogens is 1. The molecule has 0 aliphatic heterocycles. The topological polar surface area (TPSA) is 62.2 Å². The largest absolute Gasteiger partial charge is 0.505 e. The molecule has 5 heteroatoms. The lowest BCUT2D eigenvalue weighted by Gasteiger charge is -2.04. The molecule has 0 aromatic carbocycles. The quantitative estimate of drug-likeness (QED) is 0.632. The minimum absolute atomic E-state index is 0.0937. The van der Waals surface area contributed by atoms with Crippen molar-refractivity contribution in [2.45, 2.75) is 6.42 Å². The van der Waals surface area contributed by atoms with Crippen LogP contribution in [0, 0.1) is 0 Å². The second-order valence-electron chi connectivity index (χ2n) is 2.69. The molecule has 14 heavy (non-hydrogen) atoms. The Kier molecular flexibility index (Phi) is 4.39. The number of hydrogen-bond acceptors (Lipinski definition) is 3. The first-order chi connectivity index (χ1) is 6.75. The van der Waals surface area contributed by atoms with Gasteiger partial charge in [0.05, 0.1) is 11.8 Å². The highest BCUT2D eigenvalue weighted by molar-refractivity contribution is 9.09. The fourth-order valence-electron chi connectivity index (χ4n) is 0.942. The molecule has 0 saturated carbocycles. The summed E-state index contributed by atoms with van der Waals surface area (Å²) in [5.41, 5.74) is 0.259. The van der Waals surface area contributed by atoms with Gasteiger partial charge in [-0.05, 0) is 12.5 Å². The van der Waals surface area contributed by atoms with Gasteiger partial charge in [-0.2, -0.15) is 0 Å². The first-order valence-corrected chi connectivity index (χ1v) is 5.35. The summed E-state index contributed by atoms with van der Waals surface area (Å²) in [5.74, 6) is -0.366. The van der Waals surface area contributed by atoms with Crippen LogP contribution >= 0.6 is 15.9 Å². The van der Waals surface area contributed by atoms with Gasteiger partial charge in [0, 0.05) is 18.1 Å². The van der Waals surface area contributed by atoms with Crippen LogP contribution in [0.4, 0.5) is 0 Å². The summed E-state index contributed by atoms with van der Waals surface area (Å²) < 4.78 is 0. The van der Waals surface area contributed by atoms with Crippen LogP contribution in [0.5, 0.6) is 5.75 Å². The third kappa shape index (κ3) is 2.99. The Hall–Kier alpha value is -1.10. The van der Waals surface area contributed by atoms with Crippen molar-refractivity contribution in [2.75, 3.05) is 11.9 Å². The lowest BCUT2D eigenvalue weighted by molar-refractivity contribution is 0.0951. The SMILES string of the molecule is O=C(NCCCBr)c1ccncc1O. The van der Waals surface area contributed by atoms with E-state index in [4.69, 9.17) is 0 Å². The molecule has 0 unspecified atom stereocenters. The van der Waals surface area contributed by atoms with Crippen molar-refractivity contribution in [1.29, 1.82) is 0 Å². The zero-order valence-corrected chi connectivity index (χ0v) is 9.12. The summed E-state index contributed by atoms with van der Waals surface area (Å²) in [6.45, 7) is 0.589. The monoisotopic (exact) mass is 258 g/mol. The number of rotatable bonds is 4. The van der Waals surface area contributed by atoms with Crippen LogP contribution in [0.1, 0.15) is 16.8 Å². The van der Waals surface area contributed by atoms with Crippen molar-refractivity contribution in [2.24, 2.45) is 0 Å². The number of hydrogen-bond donors (Lipinski definition) is 2. The Morgan fingerprint density at radius 3 is 3.07 bits per heavy atom. The van der Waals surface area contributed by atoms with Gasteiger partial charge < -0.3 is 10.4 Å². The number of aromatic hydroxyl groups is 1. The zero-order chi connectivity index (χ0) is 10.4. The predicted molar refractivity (Wildman–Crippen MR) is 56.6 cm³/mol. The van der Waals surface area contributed by atoms with Crippen LogP contribution in [-0.4, -0.2) is 27.9 Å². The molecule has 1 heterocycles. The molecule has 76 valence electrons. The molecule has 0 atom stereocenters. The first-order valence-electron chi connectivity index (χ1n) is 4.23. The Bertz CT molecular complexity index is 317. The van der Waals surface area contributed by atoms with Gasteiger partial charge in [-0.15, -0.1) is 0 Å². The summed E-state index contributed by atoms with van der Waals surface area (Å²) in [6.07, 6.45) is 3.58. The van der Waals surface area contributed by atoms with E-state index in [9.17, 15) is 9.90 Å². The van der Waals surface area contributed by atoms with Crippen molar-refractivity contribution < 1.29 is 9.90 Å². The number of pyridine rings is 1. The van der Waals surface area contributed by atoms with E-state index in [1.54, 1.807) is 0 Å². The lowest BCUT2D eigenvalue weighted by atomic mass is 10.2. The van der Waals surface area contributed by atoms with Crippen molar-refractivity contribution in [1.82, 2.24) is 10.3 Å². The number of nitrogens with one attached hydrogen (secondary N) is 1. The number of alkyl halides is 1. The van der Waals surface area contributed by atoms with E-state index in [2.05, 4.69) is 26.2 Å². The maximum absolute atomic E-state index is 11.4. The summed E-state index contributed by atoms with van der Waals surface area (Å²) in [4.78, 5) is 15.1. The van der Waals surface area contributed by atoms with Gasteiger partial charge in [0.25, 0.3) is 5.91 Å². The molecule has 1 rings (SSSR count). The summed E-state index contributed by atoms with van der Waals surface area (Å²) in [6, 6.07) is 1.48. The fraction of sp³-hybridized carbons (Fsp3) is 0.333. The van der Waals surface area contributed by atoms with E-state index in [1.165, 1.54) is 18.5 Å². The molecule has 0 bridgehead atoms. The van der Waals surface area contributed by atoms with Crippen molar-refractivity contribution in [3.8, 4) is 5.75 Å². The standard InChI is InChI=1S/C9H11BrN2O2/c10-3-1-4-12-9(14)7-2-5-11-6-8(7)13/h2,5-6,13H,1,3-4H2,(H,12,14). The molecule has 0 aliphatic rings. The average Bonchev–Trinajstić information content (AvgIpc) is 2.18. The third-order valence-corrected chi connectivity index (χ3v) is 2.20. The second kappa shape index (κ2) is 5.59. The van der Waals surface area contributed by atoms with Crippen molar-refractivity contribution in [3.05, 3.63) is 24.0 Å². The van der Waals surface area contributed by atoms with E-state index in [0.717, 1.165) is 11.8 Å². The van der Waals surface area contributed by atoms with Crippen LogP contribution in [0.3, 0.4) is 0 Å². The van der Waals surface area contributed by atoms with E-state index in [0.29, 0.717) is 6.54 Å². The number of halogens is 1. The van der Waals surface area contributed by atoms with E-state index < -0.39 is 0 Å². The van der Waals surface area contributed by atoms with Gasteiger partial charge in [0.2, 0.25) is 0 Å². The van der Waals surface area contributed by atoms with Gasteiger partial charge in [-0.25, -0.2) is 0 Å². The number of carbonyl (C=O) groups excluding carboxylic acids is 1. The van der Waals surface area contributed by atoms with Crippen molar-refractivity contribution in [3.63, 3.8) is 0 Å². The minimum Gasteiger partial charge on any atom is -0.505 e. The molecule has 2 N–H and O–H groups in total. The zero-order valence-electron chi connectivity index (χ0n) is 7.53. The van der Waals surface area contributed by atoms with Crippen LogP contribution in [-0.2, 0) is 0 Å². The van der Waals surface area contributed by atoms with Crippen molar-refractivity contribution >= 4 is 21.8 Å². The summed E-state index contributed by atoms with van der Waals surface area (Å²) >= 11 is 3.26. The molecule has 1 aromatic heterocycles. The molecule has 0 spiro atoms. The van der Waals surface area contributed by atoms with Gasteiger partial charge >= 0.3 is 0 Å². The second-order valence-corrected chi connectivity index (χ2v) is 3.48. The van der Waals surface area contributed by atoms with Crippen LogP contribution in [0.25, 0.3) is 0 Å². The highest BCUT2D eigenvalue weighted by Gasteiger charge is 2.08. The van der Waals surface area contributed by atoms with E-state index in [1.807, 2.05) is 0 Å². The maximum atomic E-state index is 11.4. The molecule has 0 saturated heterocycles. The Morgan fingerprint density at radius 1 is 1.64 bits per heavy atom. The van der Waals surface area contributed by atoms with Crippen LogP contribution in [0.15, 0.2) is 18.5 Å². The lowest BCUT2D eigenvalue weighted by Crippen LogP contribution is -2.24. The maximum Gasteiger partial charge on any atom is 0.255 e. The van der Waals surface area contributed by atoms with Crippen LogP contribution < -0.4 is 5.32 Å². The van der Waals surface area contributed by atoms with E-state index in [-0.39, 0.29) is 17.2 Å². The van der Waals surface area contributed by atoms with Gasteiger partial charge in [-0.1, -0.05) is 15.9 Å². The summed E-state index contributed by atoms with van der Waals surface area (Å²) in [5, 5.41) is 12.8. The van der Waals surface area contributed by atoms with Gasteiger partial charge in [0.15, 0.2) is 0 Å². The molecular formula is C9H11BrN2O2.